The Bertz CT molecular complexity index is 1950. The minimum Gasteiger partial charge on any atom is -0.405 e. The van der Waals surface area contributed by atoms with E-state index < -0.39 is 16.6 Å². The molecule has 0 N–H and O–H groups in total. The quantitative estimate of drug-likeness (QED) is 0.117. The first kappa shape index (κ1) is 51.1. The molecule has 6 nitrogen and oxygen atoms in total. The molecule has 6 rings (SSSR count). The second-order valence-electron chi connectivity index (χ2n) is 20.4. The highest BCUT2D eigenvalue weighted by Gasteiger charge is 2.53. The second kappa shape index (κ2) is 20.1. The minimum absolute atomic E-state index is 0.0270. The highest BCUT2D eigenvalue weighted by molar-refractivity contribution is 7.00. The largest absolute Gasteiger partial charge is 0.488 e. The SMILES string of the molecule is C#C[C@@H](C)O[Si](c1ccccc1)(c1ccccc1)C(C)(C)C.CC1(C)O[B]OC1(C)C.C[C@H](/C=C/B1OC(C)(C)C(C)(C)O1)O[Si](c1ccccc1)(c1ccccc1)C(C)(C)C. The predicted molar refractivity (Wildman–Crippen MR) is 266 cm³/mol. The molecular weight excluding hydrogens is 798 g/mol. The molecule has 10 heteroatoms. The van der Waals surface area contributed by atoms with Crippen LogP contribution in [-0.4, -0.2) is 66.1 Å². The van der Waals surface area contributed by atoms with Crippen LogP contribution in [-0.2, 0) is 27.5 Å². The molecule has 0 spiro atoms. The summed E-state index contributed by atoms with van der Waals surface area (Å²) in [6.07, 6.45) is 7.40. The lowest BCUT2D eigenvalue weighted by Gasteiger charge is -2.44. The van der Waals surface area contributed by atoms with E-state index in [0.717, 1.165) is 0 Å². The van der Waals surface area contributed by atoms with Crippen molar-refractivity contribution >= 4 is 52.2 Å². The first-order valence-electron chi connectivity index (χ1n) is 22.0. The van der Waals surface area contributed by atoms with Gasteiger partial charge in [0.2, 0.25) is 0 Å². The van der Waals surface area contributed by atoms with E-state index in [1.165, 1.54) is 28.4 Å². The molecule has 2 heterocycles. The summed E-state index contributed by atoms with van der Waals surface area (Å²) < 4.78 is 36.4. The van der Waals surface area contributed by atoms with Gasteiger partial charge >= 0.3 is 14.8 Å². The van der Waals surface area contributed by atoms with Crippen LogP contribution in [0.1, 0.15) is 111 Å². The van der Waals surface area contributed by atoms with Gasteiger partial charge in [0.05, 0.1) is 28.5 Å². The summed E-state index contributed by atoms with van der Waals surface area (Å²) >= 11 is 0. The third kappa shape index (κ3) is 11.4. The van der Waals surface area contributed by atoms with Gasteiger partial charge in [-0.3, -0.25) is 0 Å². The van der Waals surface area contributed by atoms with Gasteiger partial charge in [0, 0.05) is 0 Å². The lowest BCUT2D eigenvalue weighted by Crippen LogP contribution is -2.67. The zero-order chi connectivity index (χ0) is 46.3. The molecule has 2 aliphatic heterocycles. The zero-order valence-corrected chi connectivity index (χ0v) is 42.5. The van der Waals surface area contributed by atoms with Gasteiger partial charge in [0.1, 0.15) is 6.10 Å². The molecular formula is C52H73B2O6Si2. The van der Waals surface area contributed by atoms with Crippen LogP contribution in [0.5, 0.6) is 0 Å². The molecule has 0 aliphatic carbocycles. The highest BCUT2D eigenvalue weighted by atomic mass is 28.4. The van der Waals surface area contributed by atoms with Crippen molar-refractivity contribution in [2.24, 2.45) is 0 Å². The Hall–Kier alpha value is -3.50. The molecule has 0 bridgehead atoms. The van der Waals surface area contributed by atoms with Gasteiger partial charge < -0.3 is 27.5 Å². The van der Waals surface area contributed by atoms with Crippen LogP contribution in [0.4, 0.5) is 0 Å². The first-order chi connectivity index (χ1) is 28.8. The van der Waals surface area contributed by atoms with Gasteiger partial charge in [-0.05, 0) is 100 Å². The van der Waals surface area contributed by atoms with Crippen molar-refractivity contribution in [1.29, 1.82) is 0 Å². The summed E-state index contributed by atoms with van der Waals surface area (Å²) in [5.74, 6) is 4.74. The molecule has 0 unspecified atom stereocenters. The third-order valence-corrected chi connectivity index (χ3v) is 23.0. The Morgan fingerprint density at radius 1 is 0.548 bits per heavy atom. The molecule has 0 saturated carbocycles. The zero-order valence-electron chi connectivity index (χ0n) is 40.5. The van der Waals surface area contributed by atoms with E-state index in [1.54, 1.807) is 0 Å². The van der Waals surface area contributed by atoms with E-state index in [-0.39, 0.29) is 51.8 Å². The third-order valence-electron chi connectivity index (χ3n) is 12.7. The number of hydrogen-bond donors (Lipinski definition) is 0. The summed E-state index contributed by atoms with van der Waals surface area (Å²) in [4.78, 5) is 0. The maximum Gasteiger partial charge on any atom is 0.488 e. The van der Waals surface area contributed by atoms with Gasteiger partial charge in [-0.2, -0.15) is 0 Å². The van der Waals surface area contributed by atoms with Crippen LogP contribution in [0.2, 0.25) is 10.1 Å². The smallest absolute Gasteiger partial charge is 0.405 e. The molecule has 2 saturated heterocycles. The summed E-state index contributed by atoms with van der Waals surface area (Å²) in [7, 11) is -4.00. The molecule has 4 aromatic rings. The molecule has 1 radical (unpaired) electrons. The van der Waals surface area contributed by atoms with Crippen molar-refractivity contribution in [2.75, 3.05) is 0 Å². The molecule has 2 aliphatic rings. The van der Waals surface area contributed by atoms with Gasteiger partial charge in [0.25, 0.3) is 16.6 Å². The van der Waals surface area contributed by atoms with E-state index >= 15 is 0 Å². The molecule has 0 aromatic heterocycles. The Morgan fingerprint density at radius 3 is 1.11 bits per heavy atom. The van der Waals surface area contributed by atoms with Crippen LogP contribution in [0.15, 0.2) is 133 Å². The van der Waals surface area contributed by atoms with Crippen molar-refractivity contribution in [3.8, 4) is 12.3 Å². The van der Waals surface area contributed by atoms with E-state index in [9.17, 15) is 0 Å². The van der Waals surface area contributed by atoms with Crippen molar-refractivity contribution < 1.29 is 27.5 Å². The van der Waals surface area contributed by atoms with Crippen molar-refractivity contribution in [2.45, 2.75) is 155 Å². The Kier molecular flexibility index (Phi) is 16.6. The van der Waals surface area contributed by atoms with Crippen molar-refractivity contribution in [1.82, 2.24) is 0 Å². The van der Waals surface area contributed by atoms with Crippen LogP contribution >= 0.6 is 0 Å². The standard InChI is InChI=1S/C26H37BO3Si.C20H24OSi.C6H12BO2/c1-21(19-20-27-29-25(5,6)26(7,8)30-27)28-31(24(2,3)4,22-15-11-9-12-16-22)23-17-13-10-14-18-23;1-6-17(2)21-22(20(3,4)5,18-13-9-7-10-14-18)19-15-11-8-12-16-19;1-5(2)6(3,4)9-7-8-5/h9-21H,1-8H3;1,7-17H,2-5H3;1-4H3/b20-19+;;/t21-;17-;/m11./s1. The van der Waals surface area contributed by atoms with E-state index in [2.05, 4.69) is 197 Å². The Balaban J connectivity index is 0.000000235. The molecule has 4 aromatic carbocycles. The number of hydrogen-bond acceptors (Lipinski definition) is 6. The van der Waals surface area contributed by atoms with Gasteiger partial charge in [-0.15, -0.1) is 6.42 Å². The summed E-state index contributed by atoms with van der Waals surface area (Å²) in [6.45, 7) is 34.0. The summed E-state index contributed by atoms with van der Waals surface area (Å²) in [6, 6.07) is 42.5. The normalized spacial score (nSPS) is 18.9. The average molecular weight is 872 g/mol. The fraction of sp³-hybridized carbons (Fsp3) is 0.462. The highest BCUT2D eigenvalue weighted by Crippen LogP contribution is 2.40. The second-order valence-corrected chi connectivity index (χ2v) is 28.9. The van der Waals surface area contributed by atoms with Crippen LogP contribution in [0.3, 0.4) is 0 Å². The lowest BCUT2D eigenvalue weighted by atomic mass is 9.89. The maximum atomic E-state index is 7.08. The molecule has 2 fully saturated rings. The molecule has 62 heavy (non-hydrogen) atoms. The van der Waals surface area contributed by atoms with E-state index in [0.29, 0.717) is 0 Å². The first-order valence-corrected chi connectivity index (χ1v) is 25.8. The fourth-order valence-corrected chi connectivity index (χ4v) is 17.0. The van der Waals surface area contributed by atoms with Gasteiger partial charge in [0.15, 0.2) is 0 Å². The van der Waals surface area contributed by atoms with E-state index in [1.807, 2.05) is 52.7 Å². The van der Waals surface area contributed by atoms with Crippen LogP contribution in [0, 0.1) is 12.3 Å². The average Bonchev–Trinajstić information content (AvgIpc) is 3.59. The summed E-state index contributed by atoms with van der Waals surface area (Å²) in [5, 5.41) is 5.00. The molecule has 2 atom stereocenters. The van der Waals surface area contributed by atoms with Gasteiger partial charge in [-0.25, -0.2) is 0 Å². The molecule has 0 amide bonds. The Labute approximate surface area is 379 Å². The van der Waals surface area contributed by atoms with E-state index in [4.69, 9.17) is 33.9 Å². The van der Waals surface area contributed by atoms with Crippen molar-refractivity contribution in [3.63, 3.8) is 0 Å². The van der Waals surface area contributed by atoms with Crippen molar-refractivity contribution in [3.05, 3.63) is 133 Å². The number of terminal acetylenes is 1. The van der Waals surface area contributed by atoms with Gasteiger partial charge in [-0.1, -0.05) is 181 Å². The summed E-state index contributed by atoms with van der Waals surface area (Å²) in [5.41, 5.74) is -1.06. The number of rotatable bonds is 10. The van der Waals surface area contributed by atoms with Crippen LogP contribution in [0.25, 0.3) is 0 Å². The Morgan fingerprint density at radius 2 is 0.855 bits per heavy atom. The molecule has 331 valence electrons. The topological polar surface area (TPSA) is 55.4 Å². The lowest BCUT2D eigenvalue weighted by molar-refractivity contribution is 0.00578. The number of benzene rings is 4. The monoisotopic (exact) mass is 872 g/mol. The predicted octanol–water partition coefficient (Wildman–Crippen LogP) is 9.85. The van der Waals surface area contributed by atoms with Crippen LogP contribution < -0.4 is 20.7 Å². The maximum absolute atomic E-state index is 7.08. The minimum atomic E-state index is -2.58. The fourth-order valence-electron chi connectivity index (χ4n) is 7.76.